The Kier molecular flexibility index (Phi) is 4.01. The summed E-state index contributed by atoms with van der Waals surface area (Å²) in [4.78, 5) is 0.140. The van der Waals surface area contributed by atoms with Gasteiger partial charge in [-0.2, -0.15) is 5.26 Å². The summed E-state index contributed by atoms with van der Waals surface area (Å²) in [5.74, 6) is 0. The van der Waals surface area contributed by atoms with Crippen LogP contribution in [0.4, 0.5) is 5.69 Å². The molecule has 0 radical (unpaired) electrons. The highest BCUT2D eigenvalue weighted by molar-refractivity contribution is 7.92. The molecule has 0 amide bonds. The van der Waals surface area contributed by atoms with Gasteiger partial charge in [0.2, 0.25) is 0 Å². The fourth-order valence-electron chi connectivity index (χ4n) is 2.24. The first-order valence-electron chi connectivity index (χ1n) is 6.44. The lowest BCUT2D eigenvalue weighted by Gasteiger charge is -2.14. The first kappa shape index (κ1) is 15.1. The van der Waals surface area contributed by atoms with Gasteiger partial charge in [0.05, 0.1) is 22.2 Å². The van der Waals surface area contributed by atoms with Crippen molar-refractivity contribution in [1.82, 2.24) is 0 Å². The number of rotatable bonds is 3. The second-order valence-corrected chi connectivity index (χ2v) is 6.70. The van der Waals surface area contributed by atoms with Gasteiger partial charge in [-0.25, -0.2) is 8.42 Å². The Morgan fingerprint density at radius 1 is 1.00 bits per heavy atom. The third-order valence-corrected chi connectivity index (χ3v) is 4.57. The number of sulfonamides is 1. The zero-order chi connectivity index (χ0) is 15.6. The molecular formula is C16H16N2O2S. The molecule has 4 nitrogen and oxygen atoms in total. The molecule has 0 fully saturated rings. The Morgan fingerprint density at radius 3 is 2.00 bits per heavy atom. The number of nitrogens with zero attached hydrogens (tertiary/aromatic N) is 1. The van der Waals surface area contributed by atoms with Crippen LogP contribution in [0.2, 0.25) is 0 Å². The molecule has 2 aromatic rings. The third kappa shape index (κ3) is 3.23. The Bertz CT molecular complexity index is 793. The van der Waals surface area contributed by atoms with E-state index < -0.39 is 10.0 Å². The molecule has 0 spiro atoms. The average Bonchev–Trinajstić information content (AvgIpc) is 2.43. The molecule has 0 bridgehead atoms. The number of nitriles is 1. The van der Waals surface area contributed by atoms with Crippen molar-refractivity contribution >= 4 is 15.7 Å². The molecule has 108 valence electrons. The van der Waals surface area contributed by atoms with Gasteiger partial charge in [0, 0.05) is 0 Å². The minimum absolute atomic E-state index is 0.140. The van der Waals surface area contributed by atoms with Gasteiger partial charge in [-0.05, 0) is 56.2 Å². The molecule has 2 rings (SSSR count). The molecule has 1 N–H and O–H groups in total. The molecule has 0 heterocycles. The Hall–Kier alpha value is -2.32. The van der Waals surface area contributed by atoms with E-state index in [1.165, 1.54) is 24.3 Å². The standard InChI is InChI=1S/C16H16N2O2S/c1-11-8-12(2)16(13(3)9-11)18-21(19,20)15-6-4-14(10-17)5-7-15/h4-9,18H,1-3H3. The summed E-state index contributed by atoms with van der Waals surface area (Å²) in [6.45, 7) is 5.71. The molecule has 21 heavy (non-hydrogen) atoms. The van der Waals surface area contributed by atoms with E-state index in [1.54, 1.807) is 0 Å². The highest BCUT2D eigenvalue weighted by Gasteiger charge is 2.16. The lowest BCUT2D eigenvalue weighted by molar-refractivity contribution is 0.601. The van der Waals surface area contributed by atoms with Crippen LogP contribution >= 0.6 is 0 Å². The predicted molar refractivity (Wildman–Crippen MR) is 82.6 cm³/mol. The minimum Gasteiger partial charge on any atom is -0.279 e. The van der Waals surface area contributed by atoms with Crippen molar-refractivity contribution in [1.29, 1.82) is 5.26 Å². The molecular weight excluding hydrogens is 284 g/mol. The highest BCUT2D eigenvalue weighted by Crippen LogP contribution is 2.25. The van der Waals surface area contributed by atoms with Gasteiger partial charge in [0.15, 0.2) is 0 Å². The van der Waals surface area contributed by atoms with E-state index in [-0.39, 0.29) is 4.90 Å². The van der Waals surface area contributed by atoms with Gasteiger partial charge in [0.25, 0.3) is 10.0 Å². The molecule has 0 aliphatic heterocycles. The maximum Gasteiger partial charge on any atom is 0.261 e. The van der Waals surface area contributed by atoms with Crippen LogP contribution in [-0.4, -0.2) is 8.42 Å². The second-order valence-electron chi connectivity index (χ2n) is 5.02. The summed E-state index contributed by atoms with van der Waals surface area (Å²) < 4.78 is 27.4. The summed E-state index contributed by atoms with van der Waals surface area (Å²) in [7, 11) is -3.66. The Labute approximate surface area is 125 Å². The van der Waals surface area contributed by atoms with Crippen molar-refractivity contribution in [2.75, 3.05) is 4.72 Å². The fraction of sp³-hybridized carbons (Fsp3) is 0.188. The molecule has 0 aromatic heterocycles. The Balaban J connectivity index is 2.40. The molecule has 0 aliphatic rings. The van der Waals surface area contributed by atoms with Crippen LogP contribution in [0.3, 0.4) is 0 Å². The number of hydrogen-bond acceptors (Lipinski definition) is 3. The lowest BCUT2D eigenvalue weighted by Crippen LogP contribution is -2.14. The van der Waals surface area contributed by atoms with Crippen LogP contribution in [0.1, 0.15) is 22.3 Å². The van der Waals surface area contributed by atoms with E-state index in [0.717, 1.165) is 16.7 Å². The Morgan fingerprint density at radius 2 is 1.52 bits per heavy atom. The van der Waals surface area contributed by atoms with E-state index in [4.69, 9.17) is 5.26 Å². The molecule has 2 aromatic carbocycles. The van der Waals surface area contributed by atoms with Crippen molar-refractivity contribution in [2.45, 2.75) is 25.7 Å². The van der Waals surface area contributed by atoms with Crippen LogP contribution in [-0.2, 0) is 10.0 Å². The molecule has 5 heteroatoms. The maximum absolute atomic E-state index is 12.4. The first-order valence-corrected chi connectivity index (χ1v) is 7.92. The van der Waals surface area contributed by atoms with Crippen LogP contribution in [0.25, 0.3) is 0 Å². The fourth-order valence-corrected chi connectivity index (χ4v) is 3.45. The van der Waals surface area contributed by atoms with E-state index in [9.17, 15) is 8.42 Å². The molecule has 0 atom stereocenters. The zero-order valence-electron chi connectivity index (χ0n) is 12.1. The molecule has 0 aliphatic carbocycles. The quantitative estimate of drug-likeness (QED) is 0.945. The summed E-state index contributed by atoms with van der Waals surface area (Å²) in [6, 6.07) is 11.7. The van der Waals surface area contributed by atoms with Crippen molar-refractivity contribution in [3.63, 3.8) is 0 Å². The largest absolute Gasteiger partial charge is 0.279 e. The smallest absolute Gasteiger partial charge is 0.261 e. The van der Waals surface area contributed by atoms with Crippen molar-refractivity contribution in [2.24, 2.45) is 0 Å². The van der Waals surface area contributed by atoms with Crippen LogP contribution < -0.4 is 4.72 Å². The summed E-state index contributed by atoms with van der Waals surface area (Å²) in [6.07, 6.45) is 0. The summed E-state index contributed by atoms with van der Waals surface area (Å²) >= 11 is 0. The van der Waals surface area contributed by atoms with Crippen LogP contribution in [0, 0.1) is 32.1 Å². The van der Waals surface area contributed by atoms with Crippen molar-refractivity contribution < 1.29 is 8.42 Å². The van der Waals surface area contributed by atoms with E-state index in [2.05, 4.69) is 4.72 Å². The second kappa shape index (κ2) is 5.58. The molecule has 0 unspecified atom stereocenters. The van der Waals surface area contributed by atoms with Gasteiger partial charge in [-0.3, -0.25) is 4.72 Å². The number of hydrogen-bond donors (Lipinski definition) is 1. The average molecular weight is 300 g/mol. The van der Waals surface area contributed by atoms with Gasteiger partial charge in [0.1, 0.15) is 0 Å². The molecule has 0 saturated carbocycles. The SMILES string of the molecule is Cc1cc(C)c(NS(=O)(=O)c2ccc(C#N)cc2)c(C)c1. The topological polar surface area (TPSA) is 70.0 Å². The van der Waals surface area contributed by atoms with Crippen molar-refractivity contribution in [3.05, 3.63) is 58.7 Å². The number of benzene rings is 2. The van der Waals surface area contributed by atoms with E-state index in [0.29, 0.717) is 11.3 Å². The van der Waals surface area contributed by atoms with Crippen LogP contribution in [0.5, 0.6) is 0 Å². The maximum atomic E-state index is 12.4. The third-order valence-electron chi connectivity index (χ3n) is 3.21. The number of anilines is 1. The van der Waals surface area contributed by atoms with E-state index >= 15 is 0 Å². The first-order chi connectivity index (χ1) is 9.83. The summed E-state index contributed by atoms with van der Waals surface area (Å²) in [5.41, 5.74) is 3.88. The highest BCUT2D eigenvalue weighted by atomic mass is 32.2. The van der Waals surface area contributed by atoms with E-state index in [1.807, 2.05) is 39.0 Å². The predicted octanol–water partition coefficient (Wildman–Crippen LogP) is 3.28. The molecule has 0 saturated heterocycles. The van der Waals surface area contributed by atoms with Gasteiger partial charge in [-0.1, -0.05) is 17.7 Å². The number of nitrogens with one attached hydrogen (secondary N) is 1. The zero-order valence-corrected chi connectivity index (χ0v) is 13.0. The number of aryl methyl sites for hydroxylation is 3. The van der Waals surface area contributed by atoms with Gasteiger partial charge >= 0.3 is 0 Å². The van der Waals surface area contributed by atoms with Gasteiger partial charge in [-0.15, -0.1) is 0 Å². The monoisotopic (exact) mass is 300 g/mol. The normalized spacial score (nSPS) is 11.0. The summed E-state index contributed by atoms with van der Waals surface area (Å²) in [5, 5.41) is 8.75. The van der Waals surface area contributed by atoms with Gasteiger partial charge < -0.3 is 0 Å². The van der Waals surface area contributed by atoms with Crippen molar-refractivity contribution in [3.8, 4) is 6.07 Å². The lowest BCUT2D eigenvalue weighted by atomic mass is 10.1. The minimum atomic E-state index is -3.66. The van der Waals surface area contributed by atoms with Crippen LogP contribution in [0.15, 0.2) is 41.3 Å².